The fourth-order valence-corrected chi connectivity index (χ4v) is 7.55. The fraction of sp³-hybridized carbons (Fsp3) is 0.460. The lowest BCUT2D eigenvalue weighted by atomic mass is 9.77. The van der Waals surface area contributed by atoms with Crippen molar-refractivity contribution in [1.82, 2.24) is 15.0 Å². The summed E-state index contributed by atoms with van der Waals surface area (Å²) >= 11 is 0. The van der Waals surface area contributed by atoms with E-state index in [2.05, 4.69) is 84.9 Å². The van der Waals surface area contributed by atoms with Gasteiger partial charge in [0.1, 0.15) is 24.2 Å². The second-order valence-electron chi connectivity index (χ2n) is 16.4. The Morgan fingerprint density at radius 1 is 0.596 bits per heavy atom. The van der Waals surface area contributed by atoms with Gasteiger partial charge in [-0.1, -0.05) is 163 Å². The Bertz CT molecular complexity index is 1960. The van der Waals surface area contributed by atoms with Crippen LogP contribution in [0, 0.1) is 27.7 Å². The highest BCUT2D eigenvalue weighted by Gasteiger charge is 2.30. The van der Waals surface area contributed by atoms with E-state index in [4.69, 9.17) is 24.4 Å². The summed E-state index contributed by atoms with van der Waals surface area (Å²) in [5.41, 5.74) is 8.05. The second-order valence-corrected chi connectivity index (χ2v) is 16.4. The molecule has 1 heterocycles. The Morgan fingerprint density at radius 2 is 1.11 bits per heavy atom. The molecule has 7 heteroatoms. The number of unbranched alkanes of at least 4 members (excludes halogenated alkanes) is 10. The maximum absolute atomic E-state index is 11.7. The quantitative estimate of drug-likeness (QED) is 0.0676. The zero-order valence-corrected chi connectivity index (χ0v) is 35.5. The summed E-state index contributed by atoms with van der Waals surface area (Å²) in [4.78, 5) is 15.0. The van der Waals surface area contributed by atoms with E-state index < -0.39 is 11.5 Å². The van der Waals surface area contributed by atoms with Crippen LogP contribution in [0.5, 0.6) is 11.5 Å². The lowest BCUT2D eigenvalue weighted by Gasteiger charge is -2.29. The van der Waals surface area contributed by atoms with Gasteiger partial charge in [-0.2, -0.15) is 0 Å². The topological polar surface area (TPSA) is 97.6 Å². The Labute approximate surface area is 342 Å². The van der Waals surface area contributed by atoms with Gasteiger partial charge in [-0.15, -0.1) is 0 Å². The van der Waals surface area contributed by atoms with Crippen LogP contribution in [-0.2, 0) is 10.2 Å². The molecule has 0 bridgehead atoms. The third-order valence-electron chi connectivity index (χ3n) is 11.0. The van der Waals surface area contributed by atoms with Crippen LogP contribution in [0.25, 0.3) is 34.2 Å². The molecule has 0 spiro atoms. The monoisotopic (exact) mass is 771 g/mol. The Kier molecular flexibility index (Phi) is 16.2. The van der Waals surface area contributed by atoms with Gasteiger partial charge in [-0.3, -0.25) is 0 Å². The highest BCUT2D eigenvalue weighted by Crippen LogP contribution is 2.43. The van der Waals surface area contributed by atoms with Crippen molar-refractivity contribution in [3.05, 3.63) is 112 Å². The number of ether oxygens (including phenoxy) is 2. The van der Waals surface area contributed by atoms with Crippen LogP contribution >= 0.6 is 0 Å². The molecular weight excluding hydrogens is 707 g/mol. The number of phenols is 1. The lowest BCUT2D eigenvalue weighted by molar-refractivity contribution is 0.0106. The van der Waals surface area contributed by atoms with Crippen molar-refractivity contribution >= 4 is 0 Å². The first kappa shape index (κ1) is 43.5. The normalized spacial score (nSPS) is 12.2. The highest BCUT2D eigenvalue weighted by molar-refractivity contribution is 5.74. The summed E-state index contributed by atoms with van der Waals surface area (Å²) in [7, 11) is 0. The van der Waals surface area contributed by atoms with Crippen molar-refractivity contribution in [2.75, 3.05) is 19.8 Å². The van der Waals surface area contributed by atoms with E-state index in [0.717, 1.165) is 57.3 Å². The molecule has 304 valence electrons. The van der Waals surface area contributed by atoms with E-state index in [9.17, 15) is 10.2 Å². The number of aryl methyl sites for hydroxylation is 4. The smallest absolute Gasteiger partial charge is 0.167 e. The molecule has 0 radical (unpaired) electrons. The lowest BCUT2D eigenvalue weighted by Crippen LogP contribution is -2.26. The highest BCUT2D eigenvalue weighted by atomic mass is 16.5. The number of aromatic hydroxyl groups is 1. The molecule has 0 aliphatic carbocycles. The van der Waals surface area contributed by atoms with Crippen molar-refractivity contribution < 1.29 is 19.7 Å². The Hall–Kier alpha value is -4.59. The van der Waals surface area contributed by atoms with Crippen molar-refractivity contribution in [1.29, 1.82) is 0 Å². The number of aliphatic hydroxyl groups is 1. The summed E-state index contributed by atoms with van der Waals surface area (Å²) in [6.45, 7) is 15.6. The van der Waals surface area contributed by atoms with Gasteiger partial charge in [0.2, 0.25) is 0 Å². The molecule has 0 saturated heterocycles. The van der Waals surface area contributed by atoms with E-state index >= 15 is 0 Å². The SMILES string of the molecule is CCCCCCCCCCCCCOCC(O)COc1cc(O)c(-c2nc(-c3ccc(C)cc3C)nc(-c3ccc(C)cc3C)n2)cc1C(C)(C)c1ccccc1. The van der Waals surface area contributed by atoms with Crippen LogP contribution in [0.15, 0.2) is 78.9 Å². The number of phenolic OH excluding ortho intramolecular Hbond substituents is 1. The number of hydrogen-bond donors (Lipinski definition) is 2. The molecule has 0 aliphatic rings. The van der Waals surface area contributed by atoms with Crippen molar-refractivity contribution in [3.63, 3.8) is 0 Å². The van der Waals surface area contributed by atoms with Crippen molar-refractivity contribution in [2.45, 2.75) is 131 Å². The van der Waals surface area contributed by atoms with Gasteiger partial charge >= 0.3 is 0 Å². The summed E-state index contributed by atoms with van der Waals surface area (Å²) in [6.07, 6.45) is 13.3. The predicted octanol–water partition coefficient (Wildman–Crippen LogP) is 12.2. The van der Waals surface area contributed by atoms with E-state index in [1.54, 1.807) is 6.07 Å². The molecule has 1 atom stereocenters. The molecule has 0 fully saturated rings. The van der Waals surface area contributed by atoms with Gasteiger partial charge in [-0.25, -0.2) is 15.0 Å². The molecule has 5 rings (SSSR count). The molecular formula is C50H65N3O4. The molecule has 5 aromatic rings. The zero-order chi connectivity index (χ0) is 40.8. The Morgan fingerprint density at radius 3 is 1.63 bits per heavy atom. The van der Waals surface area contributed by atoms with Gasteiger partial charge in [0.15, 0.2) is 17.5 Å². The average Bonchev–Trinajstić information content (AvgIpc) is 3.19. The van der Waals surface area contributed by atoms with E-state index in [0.29, 0.717) is 35.4 Å². The van der Waals surface area contributed by atoms with E-state index in [1.807, 2.05) is 36.4 Å². The largest absolute Gasteiger partial charge is 0.507 e. The maximum Gasteiger partial charge on any atom is 0.167 e. The van der Waals surface area contributed by atoms with Crippen molar-refractivity contribution in [3.8, 4) is 45.7 Å². The summed E-state index contributed by atoms with van der Waals surface area (Å²) < 4.78 is 12.2. The first-order valence-electron chi connectivity index (χ1n) is 21.2. The van der Waals surface area contributed by atoms with E-state index in [-0.39, 0.29) is 19.0 Å². The van der Waals surface area contributed by atoms with Crippen LogP contribution in [0.3, 0.4) is 0 Å². The first-order chi connectivity index (χ1) is 27.5. The van der Waals surface area contributed by atoms with Gasteiger partial charge in [-0.05, 0) is 56.9 Å². The molecule has 2 N–H and O–H groups in total. The molecule has 7 nitrogen and oxygen atoms in total. The number of hydrogen-bond acceptors (Lipinski definition) is 7. The van der Waals surface area contributed by atoms with E-state index in [1.165, 1.54) is 57.8 Å². The third-order valence-corrected chi connectivity index (χ3v) is 11.0. The maximum atomic E-state index is 11.7. The summed E-state index contributed by atoms with van der Waals surface area (Å²) in [5, 5.41) is 22.7. The molecule has 57 heavy (non-hydrogen) atoms. The van der Waals surface area contributed by atoms with Crippen LogP contribution in [0.4, 0.5) is 0 Å². The minimum Gasteiger partial charge on any atom is -0.507 e. The summed E-state index contributed by atoms with van der Waals surface area (Å²) in [6, 6.07) is 26.2. The number of aliphatic hydroxyl groups excluding tert-OH is 1. The average molecular weight is 772 g/mol. The number of nitrogens with zero attached hydrogens (tertiary/aromatic N) is 3. The minimum atomic E-state index is -0.823. The zero-order valence-electron chi connectivity index (χ0n) is 35.5. The molecule has 0 aliphatic heterocycles. The molecule has 0 saturated carbocycles. The predicted molar refractivity (Wildman–Crippen MR) is 234 cm³/mol. The van der Waals surface area contributed by atoms with Gasteiger partial charge in [0.05, 0.1) is 12.2 Å². The minimum absolute atomic E-state index is 0.0222. The Balaban J connectivity index is 1.36. The fourth-order valence-electron chi connectivity index (χ4n) is 7.55. The first-order valence-corrected chi connectivity index (χ1v) is 21.2. The standard InChI is InChI=1S/C50H65N3O4/c1-8-9-10-11-12-13-14-15-16-17-21-28-56-33-40(54)34-57-46-32-45(55)43(31-44(46)50(6,7)39-22-19-18-20-23-39)49-52-47(41-26-24-35(2)29-37(41)4)51-48(53-49)42-27-25-36(3)30-38(42)5/h18-20,22-27,29-32,40,54-55H,8-17,21,28,33-34H2,1-7H3. The summed E-state index contributed by atoms with van der Waals surface area (Å²) in [5.74, 6) is 1.89. The van der Waals surface area contributed by atoms with Crippen LogP contribution < -0.4 is 4.74 Å². The van der Waals surface area contributed by atoms with Gasteiger partial charge in [0.25, 0.3) is 0 Å². The number of aromatic nitrogens is 3. The van der Waals surface area contributed by atoms with Gasteiger partial charge < -0.3 is 19.7 Å². The van der Waals surface area contributed by atoms with Crippen LogP contribution in [0.2, 0.25) is 0 Å². The number of benzene rings is 4. The van der Waals surface area contributed by atoms with Crippen LogP contribution in [0.1, 0.15) is 125 Å². The molecule has 1 unspecified atom stereocenters. The van der Waals surface area contributed by atoms with Gasteiger partial charge in [0, 0.05) is 34.8 Å². The molecule has 1 aromatic heterocycles. The molecule has 4 aromatic carbocycles. The molecule has 0 amide bonds. The van der Waals surface area contributed by atoms with Crippen LogP contribution in [-0.4, -0.2) is 51.1 Å². The van der Waals surface area contributed by atoms with Crippen molar-refractivity contribution in [2.24, 2.45) is 0 Å². The third kappa shape index (κ3) is 12.2. The number of rotatable bonds is 22. The second kappa shape index (κ2) is 21.2.